The maximum absolute atomic E-state index is 14.7. The molecule has 1 saturated heterocycles. The van der Waals surface area contributed by atoms with Crippen molar-refractivity contribution in [3.05, 3.63) is 51.7 Å². The Bertz CT molecular complexity index is 1090. The Morgan fingerprint density at radius 2 is 1.83 bits per heavy atom. The number of halogens is 2. The smallest absolute Gasteiger partial charge is 0.246 e. The van der Waals surface area contributed by atoms with Crippen molar-refractivity contribution < 1.29 is 23.2 Å². The minimum atomic E-state index is -1.22. The zero-order valence-electron chi connectivity index (χ0n) is 20.5. The third kappa shape index (κ3) is 5.81. The van der Waals surface area contributed by atoms with Gasteiger partial charge in [-0.05, 0) is 57.0 Å². The number of rotatable bonds is 8. The topological polar surface area (TPSA) is 91.4 Å². The van der Waals surface area contributed by atoms with Crippen molar-refractivity contribution in [2.75, 3.05) is 13.6 Å². The molecule has 0 bridgehead atoms. The van der Waals surface area contributed by atoms with Gasteiger partial charge in [0.1, 0.15) is 28.7 Å². The van der Waals surface area contributed by atoms with Gasteiger partial charge in [-0.3, -0.25) is 14.4 Å². The Hall–Kier alpha value is -2.72. The molecule has 0 radical (unpaired) electrons. The maximum Gasteiger partial charge on any atom is 0.246 e. The third-order valence-electron chi connectivity index (χ3n) is 7.19. The van der Waals surface area contributed by atoms with Crippen molar-refractivity contribution in [2.45, 2.75) is 69.7 Å². The van der Waals surface area contributed by atoms with Crippen LogP contribution in [0.4, 0.5) is 8.78 Å². The highest BCUT2D eigenvalue weighted by atomic mass is 32.1. The van der Waals surface area contributed by atoms with Crippen LogP contribution in [-0.4, -0.2) is 59.3 Å². The minimum Gasteiger partial charge on any atom is -0.343 e. The fraction of sp³-hybridized carbons (Fsp3) is 0.538. The van der Waals surface area contributed by atoms with Gasteiger partial charge in [-0.15, -0.1) is 11.3 Å². The second kappa shape index (κ2) is 11.6. The predicted octanol–water partition coefficient (Wildman–Crippen LogP) is 3.80. The molecule has 2 amide bonds. The lowest BCUT2D eigenvalue weighted by molar-refractivity contribution is -0.139. The third-order valence-corrected chi connectivity index (χ3v) is 8.14. The van der Waals surface area contributed by atoms with Crippen LogP contribution in [0.2, 0.25) is 0 Å². The lowest BCUT2D eigenvalue weighted by Gasteiger charge is -2.35. The molecule has 2 fully saturated rings. The molecule has 1 aromatic heterocycles. The number of amides is 2. The van der Waals surface area contributed by atoms with Gasteiger partial charge >= 0.3 is 0 Å². The summed E-state index contributed by atoms with van der Waals surface area (Å²) in [6.07, 6.45) is 3.59. The molecule has 4 rings (SSSR count). The number of thiazole rings is 1. The van der Waals surface area contributed by atoms with Gasteiger partial charge in [0.25, 0.3) is 0 Å². The van der Waals surface area contributed by atoms with E-state index in [1.54, 1.807) is 19.4 Å². The van der Waals surface area contributed by atoms with Crippen LogP contribution in [0.15, 0.2) is 29.6 Å². The average Bonchev–Trinajstić information content (AvgIpc) is 3.53. The first-order valence-electron chi connectivity index (χ1n) is 12.5. The maximum atomic E-state index is 14.7. The summed E-state index contributed by atoms with van der Waals surface area (Å²) in [5.41, 5.74) is 0.478. The number of benzene rings is 1. The molecule has 2 aromatic rings. The molecule has 194 valence electrons. The Labute approximate surface area is 213 Å². The molecule has 36 heavy (non-hydrogen) atoms. The second-order valence-electron chi connectivity index (χ2n) is 9.64. The molecule has 2 N–H and O–H groups in total. The first-order valence-corrected chi connectivity index (χ1v) is 13.3. The van der Waals surface area contributed by atoms with Crippen LogP contribution >= 0.6 is 11.3 Å². The van der Waals surface area contributed by atoms with Crippen LogP contribution < -0.4 is 10.6 Å². The number of alkyl halides is 1. The number of nitrogens with zero attached hydrogens (tertiary/aromatic N) is 2. The van der Waals surface area contributed by atoms with E-state index in [2.05, 4.69) is 15.6 Å². The van der Waals surface area contributed by atoms with Crippen LogP contribution in [0.3, 0.4) is 0 Å². The number of carbonyl (C=O) groups excluding carboxylic acids is 3. The highest BCUT2D eigenvalue weighted by Crippen LogP contribution is 2.37. The van der Waals surface area contributed by atoms with Crippen LogP contribution in [-0.2, 0) is 9.59 Å². The highest BCUT2D eigenvalue weighted by Gasteiger charge is 2.43. The largest absolute Gasteiger partial charge is 0.343 e. The standard InChI is InChI=1S/C26H32F2N4O3S/c1-15(29-2)24(34)31-22(16-6-4-3-5-7-16)26(35)32-13-19(28)12-21(32)25-30-20(14-36-25)23(33)17-8-10-18(27)11-9-17/h8-11,14-16,19,21-22,29H,3-7,12-13H2,1-2H3,(H,31,34)/t15-,19+,21-,22-/m0/s1. The number of likely N-dealkylation sites (N-methyl/N-ethyl adjacent to an activating group) is 1. The number of carbonyl (C=O) groups is 3. The molecule has 1 aromatic carbocycles. The van der Waals surface area contributed by atoms with Crippen molar-refractivity contribution in [3.8, 4) is 0 Å². The van der Waals surface area contributed by atoms with E-state index in [1.807, 2.05) is 0 Å². The van der Waals surface area contributed by atoms with E-state index < -0.39 is 30.1 Å². The molecule has 10 heteroatoms. The van der Waals surface area contributed by atoms with Gasteiger partial charge in [0.2, 0.25) is 17.6 Å². The minimum absolute atomic E-state index is 0.00882. The van der Waals surface area contributed by atoms with Gasteiger partial charge < -0.3 is 15.5 Å². The second-order valence-corrected chi connectivity index (χ2v) is 10.5. The van der Waals surface area contributed by atoms with Gasteiger partial charge in [0, 0.05) is 17.4 Å². The SMILES string of the molecule is CN[C@@H](C)C(=O)N[C@H](C(=O)N1C[C@H](F)C[C@H]1c1nc(C(=O)c2ccc(F)cc2)cs1)C1CCCCC1. The lowest BCUT2D eigenvalue weighted by Crippen LogP contribution is -2.55. The van der Waals surface area contributed by atoms with E-state index in [-0.39, 0.29) is 42.2 Å². The molecule has 0 spiro atoms. The van der Waals surface area contributed by atoms with Gasteiger partial charge in [-0.25, -0.2) is 13.8 Å². The number of hydrogen-bond acceptors (Lipinski definition) is 6. The molecule has 0 unspecified atom stereocenters. The highest BCUT2D eigenvalue weighted by molar-refractivity contribution is 7.10. The van der Waals surface area contributed by atoms with E-state index in [0.717, 1.165) is 32.1 Å². The normalized spacial score (nSPS) is 22.3. The predicted molar refractivity (Wildman–Crippen MR) is 133 cm³/mol. The Balaban J connectivity index is 1.56. The Kier molecular flexibility index (Phi) is 8.46. The Morgan fingerprint density at radius 3 is 2.50 bits per heavy atom. The zero-order valence-corrected chi connectivity index (χ0v) is 21.3. The quantitative estimate of drug-likeness (QED) is 0.519. The number of likely N-dealkylation sites (tertiary alicyclic amines) is 1. The number of ketones is 1. The molecule has 4 atom stereocenters. The summed E-state index contributed by atoms with van der Waals surface area (Å²) < 4.78 is 27.9. The summed E-state index contributed by atoms with van der Waals surface area (Å²) in [5, 5.41) is 7.89. The van der Waals surface area contributed by atoms with Crippen molar-refractivity contribution in [2.24, 2.45) is 5.92 Å². The zero-order chi connectivity index (χ0) is 25.8. The van der Waals surface area contributed by atoms with E-state index in [4.69, 9.17) is 0 Å². The number of hydrogen-bond donors (Lipinski definition) is 2. The summed E-state index contributed by atoms with van der Waals surface area (Å²) in [7, 11) is 1.68. The Morgan fingerprint density at radius 1 is 1.14 bits per heavy atom. The van der Waals surface area contributed by atoms with E-state index >= 15 is 0 Å². The van der Waals surface area contributed by atoms with Crippen molar-refractivity contribution in [1.29, 1.82) is 0 Å². The molecule has 1 aliphatic heterocycles. The fourth-order valence-electron chi connectivity index (χ4n) is 4.99. The lowest BCUT2D eigenvalue weighted by atomic mass is 9.83. The van der Waals surface area contributed by atoms with E-state index in [9.17, 15) is 23.2 Å². The van der Waals surface area contributed by atoms with Crippen molar-refractivity contribution in [3.63, 3.8) is 0 Å². The van der Waals surface area contributed by atoms with Gasteiger partial charge in [0.15, 0.2) is 0 Å². The monoisotopic (exact) mass is 518 g/mol. The molecule has 1 aliphatic carbocycles. The van der Waals surface area contributed by atoms with E-state index in [0.29, 0.717) is 10.6 Å². The van der Waals surface area contributed by atoms with Crippen LogP contribution in [0.1, 0.15) is 72.6 Å². The summed E-state index contributed by atoms with van der Waals surface area (Å²) in [6.45, 7) is 1.65. The number of aromatic nitrogens is 1. The molecule has 1 saturated carbocycles. The first kappa shape index (κ1) is 26.3. The molecular weight excluding hydrogens is 486 g/mol. The van der Waals surface area contributed by atoms with Crippen molar-refractivity contribution >= 4 is 28.9 Å². The van der Waals surface area contributed by atoms with Gasteiger partial charge in [-0.1, -0.05) is 19.3 Å². The van der Waals surface area contributed by atoms with Crippen molar-refractivity contribution in [1.82, 2.24) is 20.5 Å². The summed E-state index contributed by atoms with van der Waals surface area (Å²) in [4.78, 5) is 45.3. The molecule has 2 heterocycles. The summed E-state index contributed by atoms with van der Waals surface area (Å²) >= 11 is 1.20. The van der Waals surface area contributed by atoms with Crippen LogP contribution in [0.5, 0.6) is 0 Å². The van der Waals surface area contributed by atoms with Crippen LogP contribution in [0.25, 0.3) is 0 Å². The van der Waals surface area contributed by atoms with E-state index in [1.165, 1.54) is 40.5 Å². The van der Waals surface area contributed by atoms with Crippen LogP contribution in [0, 0.1) is 11.7 Å². The summed E-state index contributed by atoms with van der Waals surface area (Å²) in [5.74, 6) is -1.38. The van der Waals surface area contributed by atoms with Gasteiger partial charge in [-0.2, -0.15) is 0 Å². The number of nitrogens with one attached hydrogen (secondary N) is 2. The average molecular weight is 519 g/mol. The summed E-state index contributed by atoms with van der Waals surface area (Å²) in [6, 6.07) is 3.39. The fourth-order valence-corrected chi connectivity index (χ4v) is 5.92. The van der Waals surface area contributed by atoms with Gasteiger partial charge in [0.05, 0.1) is 18.6 Å². The molecule has 2 aliphatic rings. The first-order chi connectivity index (χ1) is 17.3. The molecular formula is C26H32F2N4O3S. The molecule has 7 nitrogen and oxygen atoms in total.